The molecule has 2 unspecified atom stereocenters. The lowest BCUT2D eigenvalue weighted by Gasteiger charge is -2.27. The fraction of sp³-hybridized carbons (Fsp3) is 0.625. The maximum Gasteiger partial charge on any atom is 0.0558 e. The first-order valence-electron chi connectivity index (χ1n) is 7.66. The Balaban J connectivity index is 1.54. The third kappa shape index (κ3) is 3.55. The van der Waals surface area contributed by atoms with Gasteiger partial charge in [-0.15, -0.1) is 11.8 Å². The second kappa shape index (κ2) is 6.94. The average Bonchev–Trinajstić information content (AvgIpc) is 3.07. The summed E-state index contributed by atoms with van der Waals surface area (Å²) in [6.45, 7) is 4.37. The molecule has 3 rings (SSSR count). The van der Waals surface area contributed by atoms with Crippen molar-refractivity contribution in [1.82, 2.24) is 10.2 Å². The van der Waals surface area contributed by atoms with Crippen LogP contribution >= 0.6 is 11.8 Å². The summed E-state index contributed by atoms with van der Waals surface area (Å²) in [6, 6.07) is 9.36. The van der Waals surface area contributed by atoms with Crippen LogP contribution in [0.2, 0.25) is 0 Å². The highest BCUT2D eigenvalue weighted by Gasteiger charge is 2.25. The van der Waals surface area contributed by atoms with E-state index in [1.807, 2.05) is 11.8 Å². The van der Waals surface area contributed by atoms with Gasteiger partial charge >= 0.3 is 0 Å². The van der Waals surface area contributed by atoms with E-state index in [-0.39, 0.29) is 6.61 Å². The van der Waals surface area contributed by atoms with Crippen molar-refractivity contribution in [3.8, 4) is 0 Å². The quantitative estimate of drug-likeness (QED) is 0.837. The molecule has 2 N–H and O–H groups in total. The van der Waals surface area contributed by atoms with Crippen molar-refractivity contribution in [2.45, 2.75) is 35.4 Å². The van der Waals surface area contributed by atoms with Gasteiger partial charge < -0.3 is 10.4 Å². The van der Waals surface area contributed by atoms with Gasteiger partial charge in [-0.2, -0.15) is 0 Å². The molecular weight excluding hydrogens is 268 g/mol. The third-order valence-corrected chi connectivity index (χ3v) is 5.53. The molecule has 1 fully saturated rings. The molecule has 0 bridgehead atoms. The van der Waals surface area contributed by atoms with Crippen molar-refractivity contribution in [2.75, 3.05) is 32.8 Å². The van der Waals surface area contributed by atoms with Crippen molar-refractivity contribution in [3.05, 3.63) is 29.8 Å². The molecular formula is C16H24N2OS. The first-order valence-corrected chi connectivity index (χ1v) is 8.54. The van der Waals surface area contributed by atoms with Crippen LogP contribution in [0.3, 0.4) is 0 Å². The molecule has 0 saturated carbocycles. The summed E-state index contributed by atoms with van der Waals surface area (Å²) in [6.07, 6.45) is 3.74. The molecule has 0 radical (unpaired) electrons. The van der Waals surface area contributed by atoms with E-state index in [1.54, 1.807) is 0 Å². The molecule has 3 nitrogen and oxygen atoms in total. The number of nitrogens with zero attached hydrogens (tertiary/aromatic N) is 1. The predicted molar refractivity (Wildman–Crippen MR) is 84.3 cm³/mol. The molecule has 0 aliphatic carbocycles. The van der Waals surface area contributed by atoms with Gasteiger partial charge in [0.25, 0.3) is 0 Å². The zero-order valence-corrected chi connectivity index (χ0v) is 12.7. The van der Waals surface area contributed by atoms with Crippen molar-refractivity contribution < 1.29 is 5.11 Å². The molecule has 2 atom stereocenters. The lowest BCUT2D eigenvalue weighted by Crippen LogP contribution is -2.42. The monoisotopic (exact) mass is 292 g/mol. The standard InChI is InChI=1S/C16H24N2OS/c19-9-8-18(11-14-5-3-7-17-14)12-15-10-13-4-1-2-6-16(13)20-15/h1-2,4,6,14-15,17,19H,3,5,7-12H2. The van der Waals surface area contributed by atoms with Crippen LogP contribution in [0.4, 0.5) is 0 Å². The number of fused-ring (bicyclic) bond motifs is 1. The number of rotatable bonds is 6. The lowest BCUT2D eigenvalue weighted by atomic mass is 10.1. The molecule has 2 aliphatic heterocycles. The van der Waals surface area contributed by atoms with E-state index >= 15 is 0 Å². The molecule has 1 aromatic carbocycles. The second-order valence-corrected chi connectivity index (χ2v) is 7.17. The molecule has 2 aliphatic rings. The van der Waals surface area contributed by atoms with Gasteiger partial charge in [0.2, 0.25) is 0 Å². The summed E-state index contributed by atoms with van der Waals surface area (Å²) in [5, 5.41) is 13.5. The Labute approximate surface area is 125 Å². The fourth-order valence-corrected chi connectivity index (χ4v) is 4.63. The largest absolute Gasteiger partial charge is 0.395 e. The number of aliphatic hydroxyl groups is 1. The smallest absolute Gasteiger partial charge is 0.0558 e. The Bertz CT molecular complexity index is 409. The van der Waals surface area contributed by atoms with Gasteiger partial charge in [-0.1, -0.05) is 18.2 Å². The van der Waals surface area contributed by atoms with E-state index < -0.39 is 0 Å². The van der Waals surface area contributed by atoms with Gasteiger partial charge in [0.1, 0.15) is 0 Å². The van der Waals surface area contributed by atoms with Crippen LogP contribution in [-0.2, 0) is 6.42 Å². The minimum atomic E-state index is 0.261. The summed E-state index contributed by atoms with van der Waals surface area (Å²) in [5.41, 5.74) is 1.49. The van der Waals surface area contributed by atoms with Crippen molar-refractivity contribution in [3.63, 3.8) is 0 Å². The highest BCUT2D eigenvalue weighted by Crippen LogP contribution is 2.37. The zero-order chi connectivity index (χ0) is 13.8. The Kier molecular flexibility index (Phi) is 4.99. The number of aliphatic hydroxyl groups excluding tert-OH is 1. The zero-order valence-electron chi connectivity index (χ0n) is 11.9. The average molecular weight is 292 g/mol. The van der Waals surface area contributed by atoms with Gasteiger partial charge in [-0.25, -0.2) is 0 Å². The summed E-state index contributed by atoms with van der Waals surface area (Å²) in [5.74, 6) is 0. The SMILES string of the molecule is OCCN(CC1CCCN1)CC1Cc2ccccc2S1. The maximum absolute atomic E-state index is 9.29. The number of hydrogen-bond donors (Lipinski definition) is 2. The Morgan fingerprint density at radius 2 is 2.20 bits per heavy atom. The highest BCUT2D eigenvalue weighted by molar-refractivity contribution is 8.00. The summed E-state index contributed by atoms with van der Waals surface area (Å²) >= 11 is 2.00. The topological polar surface area (TPSA) is 35.5 Å². The second-order valence-electron chi connectivity index (χ2n) is 5.83. The molecule has 20 heavy (non-hydrogen) atoms. The van der Waals surface area contributed by atoms with Crippen LogP contribution < -0.4 is 5.32 Å². The molecule has 1 saturated heterocycles. The van der Waals surface area contributed by atoms with Crippen molar-refractivity contribution in [1.29, 1.82) is 0 Å². The lowest BCUT2D eigenvalue weighted by molar-refractivity contribution is 0.185. The van der Waals surface area contributed by atoms with Crippen LogP contribution in [0.5, 0.6) is 0 Å². The molecule has 0 amide bonds. The van der Waals surface area contributed by atoms with Crippen molar-refractivity contribution in [2.24, 2.45) is 0 Å². The van der Waals surface area contributed by atoms with E-state index in [0.29, 0.717) is 11.3 Å². The third-order valence-electron chi connectivity index (χ3n) is 4.23. The Hall–Kier alpha value is -0.550. The van der Waals surface area contributed by atoms with Gasteiger partial charge in [-0.3, -0.25) is 4.90 Å². The summed E-state index contributed by atoms with van der Waals surface area (Å²) in [7, 11) is 0. The number of thioether (sulfide) groups is 1. The van der Waals surface area contributed by atoms with E-state index in [1.165, 1.54) is 29.7 Å². The first-order chi connectivity index (χ1) is 9.85. The van der Waals surface area contributed by atoms with Crippen LogP contribution in [0, 0.1) is 0 Å². The number of benzene rings is 1. The number of hydrogen-bond acceptors (Lipinski definition) is 4. The fourth-order valence-electron chi connectivity index (χ4n) is 3.27. The normalized spacial score (nSPS) is 25.3. The molecule has 4 heteroatoms. The van der Waals surface area contributed by atoms with Crippen LogP contribution in [0.25, 0.3) is 0 Å². The Morgan fingerprint density at radius 3 is 2.95 bits per heavy atom. The Morgan fingerprint density at radius 1 is 1.30 bits per heavy atom. The first kappa shape index (κ1) is 14.4. The van der Waals surface area contributed by atoms with Gasteiger partial charge in [-0.05, 0) is 37.4 Å². The summed E-state index contributed by atoms with van der Waals surface area (Å²) < 4.78 is 0. The van der Waals surface area contributed by atoms with E-state index in [0.717, 1.165) is 26.2 Å². The maximum atomic E-state index is 9.29. The predicted octanol–water partition coefficient (Wildman–Crippen LogP) is 1.75. The number of nitrogens with one attached hydrogen (secondary N) is 1. The van der Waals surface area contributed by atoms with E-state index in [9.17, 15) is 5.11 Å². The van der Waals surface area contributed by atoms with Crippen LogP contribution in [0.1, 0.15) is 18.4 Å². The highest BCUT2D eigenvalue weighted by atomic mass is 32.2. The molecule has 0 aromatic heterocycles. The molecule has 0 spiro atoms. The summed E-state index contributed by atoms with van der Waals surface area (Å²) in [4.78, 5) is 3.88. The van der Waals surface area contributed by atoms with Gasteiger partial charge in [0, 0.05) is 35.8 Å². The van der Waals surface area contributed by atoms with E-state index in [2.05, 4.69) is 34.5 Å². The van der Waals surface area contributed by atoms with Crippen LogP contribution in [-0.4, -0.2) is 54.1 Å². The molecule has 1 aromatic rings. The van der Waals surface area contributed by atoms with E-state index in [4.69, 9.17) is 0 Å². The molecule has 110 valence electrons. The van der Waals surface area contributed by atoms with Gasteiger partial charge in [0.15, 0.2) is 0 Å². The van der Waals surface area contributed by atoms with Crippen LogP contribution in [0.15, 0.2) is 29.2 Å². The molecule has 2 heterocycles. The van der Waals surface area contributed by atoms with Crippen molar-refractivity contribution >= 4 is 11.8 Å². The van der Waals surface area contributed by atoms with Gasteiger partial charge in [0.05, 0.1) is 6.61 Å². The minimum Gasteiger partial charge on any atom is -0.395 e. The minimum absolute atomic E-state index is 0.261.